The summed E-state index contributed by atoms with van der Waals surface area (Å²) in [6.45, 7) is 0. The van der Waals surface area contributed by atoms with Gasteiger partial charge in [-0.2, -0.15) is 20.5 Å². The minimum Gasteiger partial charge on any atom is -0.477 e. The van der Waals surface area contributed by atoms with Gasteiger partial charge in [0.05, 0.1) is 0 Å². The van der Waals surface area contributed by atoms with Crippen LogP contribution in [0.2, 0.25) is 0 Å². The van der Waals surface area contributed by atoms with Crippen LogP contribution in [0.25, 0.3) is 0 Å². The highest BCUT2D eigenvalue weighted by atomic mass is 32.2. The maximum Gasteiger partial charge on any atom is 0.374 e. The molecule has 1 fully saturated rings. The third-order valence-electron chi connectivity index (χ3n) is 1.96. The van der Waals surface area contributed by atoms with E-state index in [1.165, 1.54) is 11.8 Å². The standard InChI is InChI=1S/C7H10F2O2S/c8-7(9,6(10)11)5-2-1-3-12-4-5/h5H,1-4H2,(H,10,11). The summed E-state index contributed by atoms with van der Waals surface area (Å²) in [5.41, 5.74) is 0. The molecule has 0 radical (unpaired) electrons. The first-order chi connectivity index (χ1) is 5.55. The average Bonchev–Trinajstić information content (AvgIpc) is 2.06. The molecule has 12 heavy (non-hydrogen) atoms. The van der Waals surface area contributed by atoms with Crippen LogP contribution < -0.4 is 0 Å². The van der Waals surface area contributed by atoms with Gasteiger partial charge in [0.1, 0.15) is 0 Å². The van der Waals surface area contributed by atoms with E-state index < -0.39 is 17.8 Å². The van der Waals surface area contributed by atoms with Gasteiger partial charge in [0, 0.05) is 11.7 Å². The maximum absolute atomic E-state index is 12.8. The number of carboxylic acids is 1. The van der Waals surface area contributed by atoms with Crippen molar-refractivity contribution in [2.45, 2.75) is 18.8 Å². The van der Waals surface area contributed by atoms with E-state index in [9.17, 15) is 13.6 Å². The van der Waals surface area contributed by atoms with Crippen molar-refractivity contribution >= 4 is 17.7 Å². The Morgan fingerprint density at radius 2 is 2.25 bits per heavy atom. The predicted molar refractivity (Wildman–Crippen MR) is 42.6 cm³/mol. The van der Waals surface area contributed by atoms with Gasteiger partial charge in [-0.05, 0) is 18.6 Å². The largest absolute Gasteiger partial charge is 0.477 e. The number of carbonyl (C=O) groups is 1. The zero-order valence-electron chi connectivity index (χ0n) is 6.43. The van der Waals surface area contributed by atoms with Crippen molar-refractivity contribution in [3.63, 3.8) is 0 Å². The number of hydrogen-bond donors (Lipinski definition) is 1. The summed E-state index contributed by atoms with van der Waals surface area (Å²) in [4.78, 5) is 10.2. The van der Waals surface area contributed by atoms with E-state index in [1.54, 1.807) is 0 Å². The van der Waals surface area contributed by atoms with Gasteiger partial charge in [0.25, 0.3) is 0 Å². The number of rotatable bonds is 2. The molecule has 0 bridgehead atoms. The lowest BCUT2D eigenvalue weighted by Gasteiger charge is -2.26. The summed E-state index contributed by atoms with van der Waals surface area (Å²) in [6.07, 6.45) is 1.02. The molecule has 1 aliphatic rings. The topological polar surface area (TPSA) is 37.3 Å². The van der Waals surface area contributed by atoms with Crippen molar-refractivity contribution < 1.29 is 18.7 Å². The van der Waals surface area contributed by atoms with Gasteiger partial charge >= 0.3 is 11.9 Å². The summed E-state index contributed by atoms with van der Waals surface area (Å²) in [5.74, 6) is -5.37. The van der Waals surface area contributed by atoms with Crippen molar-refractivity contribution in [2.75, 3.05) is 11.5 Å². The van der Waals surface area contributed by atoms with Gasteiger partial charge in [-0.1, -0.05) is 0 Å². The van der Waals surface area contributed by atoms with Crippen molar-refractivity contribution in [3.05, 3.63) is 0 Å². The molecular formula is C7H10F2O2S. The van der Waals surface area contributed by atoms with E-state index in [0.717, 1.165) is 5.75 Å². The first kappa shape index (κ1) is 9.77. The van der Waals surface area contributed by atoms with Crippen LogP contribution in [0.5, 0.6) is 0 Å². The molecule has 1 heterocycles. The molecule has 0 aromatic carbocycles. The molecule has 1 saturated heterocycles. The number of thioether (sulfide) groups is 1. The minimum absolute atomic E-state index is 0.263. The fraction of sp³-hybridized carbons (Fsp3) is 0.857. The van der Waals surface area contributed by atoms with Crippen LogP contribution in [0.4, 0.5) is 8.78 Å². The Hall–Kier alpha value is -0.320. The van der Waals surface area contributed by atoms with Gasteiger partial charge in [0.2, 0.25) is 0 Å². The maximum atomic E-state index is 12.8. The highest BCUT2D eigenvalue weighted by Gasteiger charge is 2.47. The minimum atomic E-state index is -3.53. The Morgan fingerprint density at radius 1 is 1.58 bits per heavy atom. The summed E-state index contributed by atoms with van der Waals surface area (Å²) in [5, 5.41) is 8.23. The van der Waals surface area contributed by atoms with E-state index in [0.29, 0.717) is 12.8 Å². The summed E-state index contributed by atoms with van der Waals surface area (Å²) >= 11 is 1.40. The molecule has 0 aliphatic carbocycles. The second kappa shape index (κ2) is 3.60. The van der Waals surface area contributed by atoms with Crippen LogP contribution in [0.15, 0.2) is 0 Å². The lowest BCUT2D eigenvalue weighted by Crippen LogP contribution is -2.39. The molecule has 70 valence electrons. The normalized spacial score (nSPS) is 25.3. The highest BCUT2D eigenvalue weighted by molar-refractivity contribution is 7.99. The van der Waals surface area contributed by atoms with Crippen LogP contribution in [-0.2, 0) is 4.79 Å². The lowest BCUT2D eigenvalue weighted by atomic mass is 9.98. The van der Waals surface area contributed by atoms with Crippen LogP contribution in [0.1, 0.15) is 12.8 Å². The smallest absolute Gasteiger partial charge is 0.374 e. The van der Waals surface area contributed by atoms with Crippen molar-refractivity contribution in [1.29, 1.82) is 0 Å². The first-order valence-corrected chi connectivity index (χ1v) is 4.89. The fourth-order valence-corrected chi connectivity index (χ4v) is 2.40. The van der Waals surface area contributed by atoms with E-state index in [4.69, 9.17) is 5.11 Å². The number of halogens is 2. The fourth-order valence-electron chi connectivity index (χ4n) is 1.20. The van der Waals surface area contributed by atoms with Crippen LogP contribution in [-0.4, -0.2) is 28.5 Å². The highest BCUT2D eigenvalue weighted by Crippen LogP contribution is 2.35. The van der Waals surface area contributed by atoms with Crippen molar-refractivity contribution in [1.82, 2.24) is 0 Å². The molecule has 0 saturated carbocycles. The number of carboxylic acid groups (broad SMARTS) is 1. The Morgan fingerprint density at radius 3 is 2.67 bits per heavy atom. The van der Waals surface area contributed by atoms with Crippen LogP contribution in [0.3, 0.4) is 0 Å². The third kappa shape index (κ3) is 1.88. The molecule has 1 rings (SSSR count). The molecule has 1 unspecified atom stereocenters. The summed E-state index contributed by atoms with van der Waals surface area (Å²) < 4.78 is 25.6. The molecule has 0 amide bonds. The van der Waals surface area contributed by atoms with Gasteiger partial charge in [-0.25, -0.2) is 4.79 Å². The second-order valence-corrected chi connectivity index (χ2v) is 3.99. The molecule has 1 atom stereocenters. The molecular weight excluding hydrogens is 186 g/mol. The van der Waals surface area contributed by atoms with Crippen molar-refractivity contribution in [2.24, 2.45) is 5.92 Å². The Kier molecular flexibility index (Phi) is 2.93. The summed E-state index contributed by atoms with van der Waals surface area (Å²) in [6, 6.07) is 0. The van der Waals surface area contributed by atoms with Gasteiger partial charge < -0.3 is 5.11 Å². The van der Waals surface area contributed by atoms with Gasteiger partial charge in [0.15, 0.2) is 0 Å². The molecule has 5 heteroatoms. The van der Waals surface area contributed by atoms with E-state index in [-0.39, 0.29) is 5.75 Å². The van der Waals surface area contributed by atoms with Gasteiger partial charge in [-0.15, -0.1) is 0 Å². The van der Waals surface area contributed by atoms with E-state index in [2.05, 4.69) is 0 Å². The summed E-state index contributed by atoms with van der Waals surface area (Å²) in [7, 11) is 0. The third-order valence-corrected chi connectivity index (χ3v) is 3.17. The predicted octanol–water partition coefficient (Wildman–Crippen LogP) is 1.85. The first-order valence-electron chi connectivity index (χ1n) is 3.74. The van der Waals surface area contributed by atoms with Crippen LogP contribution in [0, 0.1) is 5.92 Å². The lowest BCUT2D eigenvalue weighted by molar-refractivity contribution is -0.172. The Bertz CT molecular complexity index is 178. The zero-order chi connectivity index (χ0) is 9.19. The van der Waals surface area contributed by atoms with Gasteiger partial charge in [-0.3, -0.25) is 0 Å². The Labute approximate surface area is 73.3 Å². The molecule has 0 aromatic heterocycles. The number of alkyl halides is 2. The molecule has 1 aliphatic heterocycles. The molecule has 2 nitrogen and oxygen atoms in total. The zero-order valence-corrected chi connectivity index (χ0v) is 7.24. The average molecular weight is 196 g/mol. The second-order valence-electron chi connectivity index (χ2n) is 2.84. The van der Waals surface area contributed by atoms with Crippen LogP contribution >= 0.6 is 11.8 Å². The Balaban J connectivity index is 2.59. The molecule has 0 spiro atoms. The number of hydrogen-bond acceptors (Lipinski definition) is 2. The van der Waals surface area contributed by atoms with E-state index >= 15 is 0 Å². The van der Waals surface area contributed by atoms with E-state index in [1.807, 2.05) is 0 Å². The molecule has 0 aromatic rings. The molecule has 1 N–H and O–H groups in total. The quantitative estimate of drug-likeness (QED) is 0.732. The monoisotopic (exact) mass is 196 g/mol. The number of aliphatic carboxylic acids is 1. The van der Waals surface area contributed by atoms with Crippen molar-refractivity contribution in [3.8, 4) is 0 Å². The SMILES string of the molecule is O=C(O)C(F)(F)C1CCCSC1.